The van der Waals surface area contributed by atoms with Crippen LogP contribution >= 0.6 is 0 Å². The highest BCUT2D eigenvalue weighted by atomic mass is 16.5. The molecule has 0 saturated carbocycles. The minimum absolute atomic E-state index is 0.145. The topological polar surface area (TPSA) is 65.1 Å². The van der Waals surface area contributed by atoms with Crippen molar-refractivity contribution in [3.8, 4) is 0 Å². The van der Waals surface area contributed by atoms with Gasteiger partial charge < -0.3 is 15.8 Å². The third kappa shape index (κ3) is 3.04. The summed E-state index contributed by atoms with van der Waals surface area (Å²) in [7, 11) is 3.64. The predicted molar refractivity (Wildman–Crippen MR) is 64.2 cm³/mol. The molecular weight excluding hydrogens is 204 g/mol. The summed E-state index contributed by atoms with van der Waals surface area (Å²) in [4.78, 5) is 0. The van der Waals surface area contributed by atoms with Crippen LogP contribution in [-0.2, 0) is 11.8 Å². The van der Waals surface area contributed by atoms with Gasteiger partial charge in [0.25, 0.3) is 0 Å². The molecule has 0 aromatic carbocycles. The molecule has 2 atom stereocenters. The van der Waals surface area contributed by atoms with Crippen molar-refractivity contribution in [2.24, 2.45) is 12.8 Å². The molecule has 0 bridgehead atoms. The van der Waals surface area contributed by atoms with Crippen LogP contribution in [0.5, 0.6) is 0 Å². The van der Waals surface area contributed by atoms with E-state index < -0.39 is 0 Å². The zero-order chi connectivity index (χ0) is 12.1. The summed E-state index contributed by atoms with van der Waals surface area (Å²) < 4.78 is 7.05. The second-order valence-corrected chi connectivity index (χ2v) is 4.05. The first-order valence-corrected chi connectivity index (χ1v) is 5.54. The summed E-state index contributed by atoms with van der Waals surface area (Å²) in [6.07, 6.45) is 2.06. The monoisotopic (exact) mass is 226 g/mol. The fourth-order valence-electron chi connectivity index (χ4n) is 1.57. The SMILES string of the molecule is COC(C)CNC(CN)c1cnn(C)c1C. The summed E-state index contributed by atoms with van der Waals surface area (Å²) in [5.41, 5.74) is 8.08. The fraction of sp³-hybridized carbons (Fsp3) is 0.727. The molecular formula is C11H22N4O. The van der Waals surface area contributed by atoms with Gasteiger partial charge in [0, 0.05) is 44.5 Å². The van der Waals surface area contributed by atoms with E-state index in [9.17, 15) is 0 Å². The van der Waals surface area contributed by atoms with E-state index >= 15 is 0 Å². The number of hydrogen-bond acceptors (Lipinski definition) is 4. The first-order chi connectivity index (χ1) is 7.60. The van der Waals surface area contributed by atoms with Gasteiger partial charge in [-0.25, -0.2) is 0 Å². The Labute approximate surface area is 97.0 Å². The molecule has 3 N–H and O–H groups in total. The molecule has 5 nitrogen and oxygen atoms in total. The number of hydrogen-bond donors (Lipinski definition) is 2. The van der Waals surface area contributed by atoms with Gasteiger partial charge in [0.05, 0.1) is 12.3 Å². The lowest BCUT2D eigenvalue weighted by Gasteiger charge is -2.19. The van der Waals surface area contributed by atoms with Crippen LogP contribution < -0.4 is 11.1 Å². The van der Waals surface area contributed by atoms with Crippen LogP contribution in [0.2, 0.25) is 0 Å². The fourth-order valence-corrected chi connectivity index (χ4v) is 1.57. The van der Waals surface area contributed by atoms with E-state index in [-0.39, 0.29) is 12.1 Å². The van der Waals surface area contributed by atoms with Crippen LogP contribution in [0.3, 0.4) is 0 Å². The highest BCUT2D eigenvalue weighted by Crippen LogP contribution is 2.15. The van der Waals surface area contributed by atoms with Crippen molar-refractivity contribution in [2.45, 2.75) is 26.0 Å². The van der Waals surface area contributed by atoms with Gasteiger partial charge in [0.15, 0.2) is 0 Å². The molecule has 0 aliphatic carbocycles. The average Bonchev–Trinajstić information content (AvgIpc) is 2.61. The Hall–Kier alpha value is -0.910. The smallest absolute Gasteiger partial charge is 0.0667 e. The molecule has 1 aromatic rings. The molecule has 0 amide bonds. The second-order valence-electron chi connectivity index (χ2n) is 4.05. The third-order valence-corrected chi connectivity index (χ3v) is 2.94. The number of nitrogens with one attached hydrogen (secondary N) is 1. The first-order valence-electron chi connectivity index (χ1n) is 5.54. The van der Waals surface area contributed by atoms with Crippen LogP contribution in [0.4, 0.5) is 0 Å². The maximum Gasteiger partial charge on any atom is 0.0667 e. The van der Waals surface area contributed by atoms with Crippen molar-refractivity contribution in [1.29, 1.82) is 0 Å². The number of nitrogens with zero attached hydrogens (tertiary/aromatic N) is 2. The summed E-state index contributed by atoms with van der Waals surface area (Å²) in [6, 6.07) is 0.145. The molecule has 92 valence electrons. The molecule has 0 spiro atoms. The van der Waals surface area contributed by atoms with Gasteiger partial charge in [0.2, 0.25) is 0 Å². The lowest BCUT2D eigenvalue weighted by molar-refractivity contribution is 0.114. The normalized spacial score (nSPS) is 15.1. The Bertz CT molecular complexity index is 324. The largest absolute Gasteiger partial charge is 0.380 e. The number of ether oxygens (including phenoxy) is 1. The molecule has 1 heterocycles. The summed E-state index contributed by atoms with van der Waals surface area (Å²) in [6.45, 7) is 5.42. The maximum absolute atomic E-state index is 5.77. The molecule has 5 heteroatoms. The number of aromatic nitrogens is 2. The van der Waals surface area contributed by atoms with E-state index in [1.165, 1.54) is 0 Å². The molecule has 0 aliphatic heterocycles. The summed E-state index contributed by atoms with van der Waals surface area (Å²) >= 11 is 0. The summed E-state index contributed by atoms with van der Waals surface area (Å²) in [5, 5.41) is 7.61. The van der Waals surface area contributed by atoms with E-state index in [0.29, 0.717) is 6.54 Å². The number of methoxy groups -OCH3 is 1. The zero-order valence-electron chi connectivity index (χ0n) is 10.5. The molecule has 2 unspecified atom stereocenters. The molecule has 0 aliphatic rings. The quantitative estimate of drug-likeness (QED) is 0.735. The van der Waals surface area contributed by atoms with Crippen molar-refractivity contribution in [3.05, 3.63) is 17.5 Å². The number of aryl methyl sites for hydroxylation is 1. The highest BCUT2D eigenvalue weighted by molar-refractivity contribution is 5.20. The van der Waals surface area contributed by atoms with Crippen molar-refractivity contribution in [3.63, 3.8) is 0 Å². The Morgan fingerprint density at radius 1 is 1.62 bits per heavy atom. The minimum atomic E-state index is 0.145. The Morgan fingerprint density at radius 3 is 2.75 bits per heavy atom. The molecule has 16 heavy (non-hydrogen) atoms. The van der Waals surface area contributed by atoms with Crippen LogP contribution in [0.25, 0.3) is 0 Å². The van der Waals surface area contributed by atoms with E-state index in [4.69, 9.17) is 10.5 Å². The van der Waals surface area contributed by atoms with Gasteiger partial charge in [-0.3, -0.25) is 4.68 Å². The Morgan fingerprint density at radius 2 is 2.31 bits per heavy atom. The van der Waals surface area contributed by atoms with Gasteiger partial charge in [-0.05, 0) is 13.8 Å². The van der Waals surface area contributed by atoms with Crippen molar-refractivity contribution in [2.75, 3.05) is 20.2 Å². The average molecular weight is 226 g/mol. The van der Waals surface area contributed by atoms with E-state index in [0.717, 1.165) is 17.8 Å². The van der Waals surface area contributed by atoms with E-state index in [2.05, 4.69) is 10.4 Å². The van der Waals surface area contributed by atoms with Crippen LogP contribution in [0.1, 0.15) is 24.2 Å². The highest BCUT2D eigenvalue weighted by Gasteiger charge is 2.15. The summed E-state index contributed by atoms with van der Waals surface area (Å²) in [5.74, 6) is 0. The number of rotatable bonds is 6. The molecule has 1 rings (SSSR count). The third-order valence-electron chi connectivity index (χ3n) is 2.94. The van der Waals surface area contributed by atoms with Gasteiger partial charge in [0.1, 0.15) is 0 Å². The predicted octanol–water partition coefficient (Wildman–Crippen LogP) is 0.353. The lowest BCUT2D eigenvalue weighted by atomic mass is 10.1. The van der Waals surface area contributed by atoms with Crippen LogP contribution in [-0.4, -0.2) is 36.1 Å². The van der Waals surface area contributed by atoms with Gasteiger partial charge in [-0.15, -0.1) is 0 Å². The van der Waals surface area contributed by atoms with Crippen molar-refractivity contribution in [1.82, 2.24) is 15.1 Å². The van der Waals surface area contributed by atoms with E-state index in [1.807, 2.05) is 31.8 Å². The van der Waals surface area contributed by atoms with Gasteiger partial charge in [-0.1, -0.05) is 0 Å². The van der Waals surface area contributed by atoms with Crippen molar-refractivity contribution < 1.29 is 4.74 Å². The Balaban J connectivity index is 2.64. The zero-order valence-corrected chi connectivity index (χ0v) is 10.5. The van der Waals surface area contributed by atoms with Crippen LogP contribution in [0, 0.1) is 6.92 Å². The second kappa shape index (κ2) is 5.98. The van der Waals surface area contributed by atoms with Gasteiger partial charge in [-0.2, -0.15) is 5.10 Å². The minimum Gasteiger partial charge on any atom is -0.380 e. The van der Waals surface area contributed by atoms with Crippen molar-refractivity contribution >= 4 is 0 Å². The maximum atomic E-state index is 5.77. The van der Waals surface area contributed by atoms with E-state index in [1.54, 1.807) is 7.11 Å². The molecule has 1 aromatic heterocycles. The molecule has 0 fully saturated rings. The molecule has 0 saturated heterocycles. The van der Waals surface area contributed by atoms with Crippen LogP contribution in [0.15, 0.2) is 6.20 Å². The standard InChI is InChI=1S/C11H22N4O/c1-8(16-4)6-13-11(5-12)10-7-14-15(3)9(10)2/h7-8,11,13H,5-6,12H2,1-4H3. The lowest BCUT2D eigenvalue weighted by Crippen LogP contribution is -2.34. The Kier molecular flexibility index (Phi) is 4.92. The van der Waals surface area contributed by atoms with Gasteiger partial charge >= 0.3 is 0 Å². The first kappa shape index (κ1) is 13.2. The number of nitrogens with two attached hydrogens (primary N) is 1. The molecule has 0 radical (unpaired) electrons.